The fourth-order valence-electron chi connectivity index (χ4n) is 2.94. The number of anilines is 1. The monoisotopic (exact) mass is 467 g/mol. The quantitative estimate of drug-likeness (QED) is 0.267. The third-order valence-corrected chi connectivity index (χ3v) is 7.03. The van der Waals surface area contributed by atoms with Crippen LogP contribution in [0.5, 0.6) is 0 Å². The summed E-state index contributed by atoms with van der Waals surface area (Å²) in [5, 5.41) is 16.8. The molecule has 158 valence electrons. The number of carbonyl (C=O) groups excluding carboxylic acids is 1. The van der Waals surface area contributed by atoms with Crippen molar-refractivity contribution in [1.82, 2.24) is 19.7 Å². The van der Waals surface area contributed by atoms with E-state index in [-0.39, 0.29) is 11.7 Å². The third kappa shape index (κ3) is 5.12. The van der Waals surface area contributed by atoms with Gasteiger partial charge in [-0.05, 0) is 19.9 Å². The average Bonchev–Trinajstić information content (AvgIpc) is 3.48. The lowest BCUT2D eigenvalue weighted by Crippen LogP contribution is -2.14. The Bertz CT molecular complexity index is 1210. The number of carbonyl (C=O) groups is 1. The number of aryl methyl sites for hydroxylation is 2. The number of hydrogen-bond acceptors (Lipinski definition) is 7. The molecular formula is C22H21N5OS3. The van der Waals surface area contributed by atoms with Crippen LogP contribution in [0.1, 0.15) is 10.4 Å². The molecule has 0 fully saturated rings. The van der Waals surface area contributed by atoms with Gasteiger partial charge in [0.2, 0.25) is 5.91 Å². The highest BCUT2D eigenvalue weighted by atomic mass is 32.2. The SMILES string of the molecule is C=CCn1c(SCC(=O)Nc2nc(-c3ccc(C)cc3)cs2)nnc1-c1csc(C)c1. The number of allylic oxidation sites excluding steroid dienone is 1. The first-order chi connectivity index (χ1) is 15.0. The highest BCUT2D eigenvalue weighted by Gasteiger charge is 2.16. The van der Waals surface area contributed by atoms with Gasteiger partial charge in [-0.2, -0.15) is 0 Å². The van der Waals surface area contributed by atoms with E-state index in [0.717, 1.165) is 22.6 Å². The summed E-state index contributed by atoms with van der Waals surface area (Å²) in [7, 11) is 0. The fourth-order valence-corrected chi connectivity index (χ4v) is 5.10. The summed E-state index contributed by atoms with van der Waals surface area (Å²) in [5.74, 6) is 0.878. The highest BCUT2D eigenvalue weighted by Crippen LogP contribution is 2.28. The van der Waals surface area contributed by atoms with Crippen molar-refractivity contribution in [3.8, 4) is 22.6 Å². The number of thiophene rings is 1. The molecule has 0 saturated heterocycles. The van der Waals surface area contributed by atoms with Crippen molar-refractivity contribution in [2.24, 2.45) is 0 Å². The second-order valence-electron chi connectivity index (χ2n) is 6.89. The molecule has 3 aromatic heterocycles. The first-order valence-corrected chi connectivity index (χ1v) is 12.3. The molecule has 3 heterocycles. The van der Waals surface area contributed by atoms with E-state index in [9.17, 15) is 4.79 Å². The minimum atomic E-state index is -0.129. The first-order valence-electron chi connectivity index (χ1n) is 9.58. The molecule has 0 aliphatic rings. The minimum absolute atomic E-state index is 0.129. The molecule has 0 saturated carbocycles. The lowest BCUT2D eigenvalue weighted by molar-refractivity contribution is -0.113. The van der Waals surface area contributed by atoms with Crippen LogP contribution >= 0.6 is 34.4 Å². The van der Waals surface area contributed by atoms with Crippen LogP contribution in [-0.2, 0) is 11.3 Å². The van der Waals surface area contributed by atoms with Crippen molar-refractivity contribution in [3.63, 3.8) is 0 Å². The van der Waals surface area contributed by atoms with Crippen LogP contribution in [0.15, 0.2) is 58.9 Å². The Hall–Kier alpha value is -2.75. The molecule has 0 spiro atoms. The summed E-state index contributed by atoms with van der Waals surface area (Å²) in [4.78, 5) is 18.2. The molecule has 31 heavy (non-hydrogen) atoms. The number of amides is 1. The van der Waals surface area contributed by atoms with Gasteiger partial charge in [-0.25, -0.2) is 4.98 Å². The largest absolute Gasteiger partial charge is 0.301 e. The van der Waals surface area contributed by atoms with Crippen molar-refractivity contribution in [3.05, 3.63) is 64.2 Å². The topological polar surface area (TPSA) is 72.7 Å². The summed E-state index contributed by atoms with van der Waals surface area (Å²) in [5.41, 5.74) is 4.12. The maximum atomic E-state index is 12.5. The predicted molar refractivity (Wildman–Crippen MR) is 130 cm³/mol. The Morgan fingerprint density at radius 2 is 1.97 bits per heavy atom. The predicted octanol–water partition coefficient (Wildman–Crippen LogP) is 5.66. The molecule has 0 radical (unpaired) electrons. The van der Waals surface area contributed by atoms with Crippen LogP contribution in [0, 0.1) is 13.8 Å². The normalized spacial score (nSPS) is 10.9. The van der Waals surface area contributed by atoms with Gasteiger partial charge in [-0.3, -0.25) is 9.36 Å². The van der Waals surface area contributed by atoms with E-state index in [0.29, 0.717) is 16.8 Å². The molecule has 0 atom stereocenters. The fraction of sp³-hybridized carbons (Fsp3) is 0.182. The van der Waals surface area contributed by atoms with Crippen LogP contribution in [0.4, 0.5) is 5.13 Å². The Morgan fingerprint density at radius 1 is 1.16 bits per heavy atom. The second-order valence-corrected chi connectivity index (χ2v) is 9.81. The second kappa shape index (κ2) is 9.59. The summed E-state index contributed by atoms with van der Waals surface area (Å²) in [6.07, 6.45) is 1.80. The number of nitrogens with one attached hydrogen (secondary N) is 1. The first kappa shape index (κ1) is 21.5. The maximum Gasteiger partial charge on any atom is 0.236 e. The number of hydrogen-bond donors (Lipinski definition) is 1. The van der Waals surface area contributed by atoms with Crippen LogP contribution < -0.4 is 5.32 Å². The van der Waals surface area contributed by atoms with Crippen molar-refractivity contribution in [1.29, 1.82) is 0 Å². The van der Waals surface area contributed by atoms with Gasteiger partial charge in [0, 0.05) is 33.3 Å². The molecular weight excluding hydrogens is 446 g/mol. The molecule has 6 nitrogen and oxygen atoms in total. The van der Waals surface area contributed by atoms with Gasteiger partial charge in [0.05, 0.1) is 11.4 Å². The number of thiazole rings is 1. The Kier molecular flexibility index (Phi) is 6.64. The zero-order valence-corrected chi connectivity index (χ0v) is 19.6. The van der Waals surface area contributed by atoms with E-state index in [4.69, 9.17) is 0 Å². The smallest absolute Gasteiger partial charge is 0.236 e. The number of aromatic nitrogens is 4. The average molecular weight is 468 g/mol. The van der Waals surface area contributed by atoms with Crippen molar-refractivity contribution in [2.75, 3.05) is 11.1 Å². The Balaban J connectivity index is 1.40. The van der Waals surface area contributed by atoms with Gasteiger partial charge in [-0.15, -0.1) is 39.4 Å². The number of thioether (sulfide) groups is 1. The minimum Gasteiger partial charge on any atom is -0.301 e. The molecule has 1 N–H and O–H groups in total. The van der Waals surface area contributed by atoms with E-state index in [1.165, 1.54) is 33.5 Å². The molecule has 9 heteroatoms. The molecule has 1 amide bonds. The van der Waals surface area contributed by atoms with Gasteiger partial charge >= 0.3 is 0 Å². The van der Waals surface area contributed by atoms with Crippen LogP contribution in [0.3, 0.4) is 0 Å². The maximum absolute atomic E-state index is 12.5. The van der Waals surface area contributed by atoms with Crippen LogP contribution in [-0.4, -0.2) is 31.4 Å². The van der Waals surface area contributed by atoms with E-state index in [2.05, 4.69) is 57.6 Å². The van der Waals surface area contributed by atoms with Crippen molar-refractivity contribution >= 4 is 45.5 Å². The van der Waals surface area contributed by atoms with Gasteiger partial charge < -0.3 is 5.32 Å². The summed E-state index contributed by atoms with van der Waals surface area (Å²) in [6.45, 7) is 8.52. The van der Waals surface area contributed by atoms with Crippen molar-refractivity contribution in [2.45, 2.75) is 25.5 Å². The molecule has 1 aromatic carbocycles. The number of nitrogens with zero attached hydrogens (tertiary/aromatic N) is 4. The summed E-state index contributed by atoms with van der Waals surface area (Å²) in [6, 6.07) is 10.3. The highest BCUT2D eigenvalue weighted by molar-refractivity contribution is 7.99. The van der Waals surface area contributed by atoms with E-state index in [1.54, 1.807) is 17.4 Å². The zero-order valence-electron chi connectivity index (χ0n) is 17.2. The van der Waals surface area contributed by atoms with Crippen molar-refractivity contribution < 1.29 is 4.79 Å². The van der Waals surface area contributed by atoms with Gasteiger partial charge in [0.15, 0.2) is 16.1 Å². The lowest BCUT2D eigenvalue weighted by Gasteiger charge is -2.06. The van der Waals surface area contributed by atoms with Crippen LogP contribution in [0.25, 0.3) is 22.6 Å². The summed E-state index contributed by atoms with van der Waals surface area (Å²) < 4.78 is 1.98. The molecule has 0 bridgehead atoms. The third-order valence-electron chi connectivity index (χ3n) is 4.45. The van der Waals surface area contributed by atoms with E-state index >= 15 is 0 Å². The van der Waals surface area contributed by atoms with E-state index in [1.807, 2.05) is 29.0 Å². The Morgan fingerprint density at radius 3 is 2.68 bits per heavy atom. The lowest BCUT2D eigenvalue weighted by atomic mass is 10.1. The van der Waals surface area contributed by atoms with Gasteiger partial charge in [0.25, 0.3) is 0 Å². The molecule has 0 aliphatic carbocycles. The zero-order chi connectivity index (χ0) is 21.8. The molecule has 0 aliphatic heterocycles. The van der Waals surface area contributed by atoms with Gasteiger partial charge in [0.1, 0.15) is 0 Å². The molecule has 4 rings (SSSR count). The Labute approximate surface area is 193 Å². The number of rotatable bonds is 8. The standard InChI is InChI=1S/C22H21N5OS3/c1-4-9-27-20(17-10-15(3)29-11-17)25-26-22(27)31-13-19(28)24-21-23-18(12-30-21)16-7-5-14(2)6-8-16/h4-8,10-12H,1,9,13H2,2-3H3,(H,23,24,28). The number of benzene rings is 1. The van der Waals surface area contributed by atoms with E-state index < -0.39 is 0 Å². The summed E-state index contributed by atoms with van der Waals surface area (Å²) >= 11 is 4.44. The van der Waals surface area contributed by atoms with Crippen LogP contribution in [0.2, 0.25) is 0 Å². The molecule has 0 unspecified atom stereocenters. The molecule has 4 aromatic rings. The van der Waals surface area contributed by atoms with Gasteiger partial charge in [-0.1, -0.05) is 47.7 Å².